The Kier molecular flexibility index (Phi) is 8.52. The summed E-state index contributed by atoms with van der Waals surface area (Å²) >= 11 is 1.83. The summed E-state index contributed by atoms with van der Waals surface area (Å²) in [5.41, 5.74) is 0.656. The third kappa shape index (κ3) is 6.57. The molecule has 0 aliphatic rings. The van der Waals surface area contributed by atoms with Crippen molar-refractivity contribution >= 4 is 17.7 Å². The van der Waals surface area contributed by atoms with Crippen LogP contribution in [0, 0.1) is 0 Å². The average Bonchev–Trinajstić information content (AvgIpc) is 2.26. The molecule has 0 saturated carbocycles. The number of hydrogen-bond acceptors (Lipinski definition) is 4. The molecule has 0 amide bonds. The lowest BCUT2D eigenvalue weighted by Crippen LogP contribution is -2.30. The van der Waals surface area contributed by atoms with Gasteiger partial charge in [-0.15, -0.1) is 0 Å². The molecule has 0 radical (unpaired) electrons. The van der Waals surface area contributed by atoms with Crippen LogP contribution in [0.15, 0.2) is 11.6 Å². The van der Waals surface area contributed by atoms with E-state index in [0.717, 1.165) is 18.7 Å². The van der Waals surface area contributed by atoms with Crippen molar-refractivity contribution in [3.63, 3.8) is 0 Å². The number of ether oxygens (including phenoxy) is 1. The summed E-state index contributed by atoms with van der Waals surface area (Å²) in [7, 11) is 1.40. The van der Waals surface area contributed by atoms with Gasteiger partial charge in [-0.1, -0.05) is 13.0 Å². The van der Waals surface area contributed by atoms with Crippen molar-refractivity contribution in [3.8, 4) is 0 Å². The van der Waals surface area contributed by atoms with E-state index in [1.54, 1.807) is 6.92 Å². The topological polar surface area (TPSA) is 38.3 Å². The van der Waals surface area contributed by atoms with Gasteiger partial charge in [0.2, 0.25) is 0 Å². The highest BCUT2D eigenvalue weighted by atomic mass is 32.2. The highest BCUT2D eigenvalue weighted by molar-refractivity contribution is 7.98. The molecule has 0 aromatic rings. The summed E-state index contributed by atoms with van der Waals surface area (Å²) < 4.78 is 4.60. The van der Waals surface area contributed by atoms with Crippen LogP contribution >= 0.6 is 11.8 Å². The third-order valence-electron chi connectivity index (χ3n) is 2.18. The second-order valence-corrected chi connectivity index (χ2v) is 4.26. The van der Waals surface area contributed by atoms with Crippen LogP contribution in [-0.4, -0.2) is 37.7 Å². The molecule has 1 unspecified atom stereocenters. The van der Waals surface area contributed by atoms with E-state index in [4.69, 9.17) is 0 Å². The Balaban J connectivity index is 3.88. The quantitative estimate of drug-likeness (QED) is 0.536. The molecule has 0 heterocycles. The van der Waals surface area contributed by atoms with Gasteiger partial charge in [0.1, 0.15) is 0 Å². The minimum Gasteiger partial charge on any atom is -0.466 e. The predicted molar refractivity (Wildman–Crippen MR) is 66.2 cm³/mol. The zero-order chi connectivity index (χ0) is 11.7. The fourth-order valence-electron chi connectivity index (χ4n) is 1.15. The highest BCUT2D eigenvalue weighted by Crippen LogP contribution is 2.01. The average molecular weight is 231 g/mol. The Morgan fingerprint density at radius 3 is 2.73 bits per heavy atom. The normalized spacial score (nSPS) is 13.7. The molecule has 0 saturated heterocycles. The fourth-order valence-corrected chi connectivity index (χ4v) is 1.90. The smallest absolute Gasteiger partial charge is 0.333 e. The standard InChI is InChI=1S/C11H21NO2S/c1-5-10(8-15-4)12-7-6-9(2)11(13)14-3/h6,10,12H,5,7-8H2,1-4H3/b9-6-. The summed E-state index contributed by atoms with van der Waals surface area (Å²) in [5.74, 6) is 0.844. The summed E-state index contributed by atoms with van der Waals surface area (Å²) in [6.45, 7) is 4.65. The molecule has 1 N–H and O–H groups in total. The monoisotopic (exact) mass is 231 g/mol. The lowest BCUT2D eigenvalue weighted by molar-refractivity contribution is -0.136. The number of methoxy groups -OCH3 is 1. The van der Waals surface area contributed by atoms with Crippen LogP contribution in [0.3, 0.4) is 0 Å². The molecule has 0 aliphatic heterocycles. The molecule has 0 fully saturated rings. The number of nitrogens with one attached hydrogen (secondary N) is 1. The molecule has 0 aromatic heterocycles. The van der Waals surface area contributed by atoms with E-state index in [-0.39, 0.29) is 5.97 Å². The van der Waals surface area contributed by atoms with Gasteiger partial charge in [-0.2, -0.15) is 11.8 Å². The Morgan fingerprint density at radius 1 is 1.60 bits per heavy atom. The van der Waals surface area contributed by atoms with Gasteiger partial charge in [0, 0.05) is 23.9 Å². The van der Waals surface area contributed by atoms with Crippen LogP contribution in [0.2, 0.25) is 0 Å². The van der Waals surface area contributed by atoms with Crippen LogP contribution in [0.5, 0.6) is 0 Å². The van der Waals surface area contributed by atoms with Gasteiger partial charge in [-0.3, -0.25) is 0 Å². The zero-order valence-corrected chi connectivity index (χ0v) is 10.8. The second-order valence-electron chi connectivity index (χ2n) is 3.35. The second kappa shape index (κ2) is 8.80. The minimum atomic E-state index is -0.255. The Bertz CT molecular complexity index is 217. The van der Waals surface area contributed by atoms with E-state index < -0.39 is 0 Å². The highest BCUT2D eigenvalue weighted by Gasteiger charge is 2.04. The Morgan fingerprint density at radius 2 is 2.27 bits per heavy atom. The number of carbonyl (C=O) groups is 1. The van der Waals surface area contributed by atoms with Gasteiger partial charge in [-0.25, -0.2) is 4.79 Å². The van der Waals surface area contributed by atoms with Crippen molar-refractivity contribution in [2.45, 2.75) is 26.3 Å². The number of carbonyl (C=O) groups excluding carboxylic acids is 1. The number of esters is 1. The third-order valence-corrected chi connectivity index (χ3v) is 2.92. The van der Waals surface area contributed by atoms with Crippen molar-refractivity contribution < 1.29 is 9.53 Å². The fraction of sp³-hybridized carbons (Fsp3) is 0.727. The minimum absolute atomic E-state index is 0.255. The molecule has 88 valence electrons. The van der Waals surface area contributed by atoms with Crippen molar-refractivity contribution in [3.05, 3.63) is 11.6 Å². The molecule has 15 heavy (non-hydrogen) atoms. The predicted octanol–water partition coefficient (Wildman–Crippen LogP) is 1.84. The molecule has 1 atom stereocenters. The molecule has 4 heteroatoms. The molecule has 3 nitrogen and oxygen atoms in total. The first-order valence-electron chi connectivity index (χ1n) is 5.13. The maximum absolute atomic E-state index is 11.1. The van der Waals surface area contributed by atoms with E-state index in [2.05, 4.69) is 23.2 Å². The van der Waals surface area contributed by atoms with Crippen LogP contribution in [0.4, 0.5) is 0 Å². The summed E-state index contributed by atoms with van der Waals surface area (Å²) in [6, 6.07) is 0.515. The van der Waals surface area contributed by atoms with Gasteiger partial charge in [0.25, 0.3) is 0 Å². The largest absolute Gasteiger partial charge is 0.466 e. The van der Waals surface area contributed by atoms with Crippen molar-refractivity contribution in [1.29, 1.82) is 0 Å². The molecular formula is C11H21NO2S. The lowest BCUT2D eigenvalue weighted by atomic mass is 10.2. The van der Waals surface area contributed by atoms with Crippen molar-refractivity contribution in [2.24, 2.45) is 0 Å². The van der Waals surface area contributed by atoms with Crippen LogP contribution in [0.1, 0.15) is 20.3 Å². The molecule has 0 bridgehead atoms. The molecule has 0 aromatic carbocycles. The van der Waals surface area contributed by atoms with E-state index in [1.807, 2.05) is 17.8 Å². The van der Waals surface area contributed by atoms with Crippen molar-refractivity contribution in [2.75, 3.05) is 25.7 Å². The molecule has 0 spiro atoms. The van der Waals surface area contributed by atoms with Gasteiger partial charge >= 0.3 is 5.97 Å². The molecule has 0 rings (SSSR count). The summed E-state index contributed by atoms with van der Waals surface area (Å²) in [6.07, 6.45) is 5.07. The lowest BCUT2D eigenvalue weighted by Gasteiger charge is -2.14. The number of rotatable bonds is 7. The number of hydrogen-bond donors (Lipinski definition) is 1. The van der Waals surface area contributed by atoms with E-state index in [0.29, 0.717) is 11.6 Å². The molecule has 0 aliphatic carbocycles. The van der Waals surface area contributed by atoms with E-state index in [1.165, 1.54) is 7.11 Å². The van der Waals surface area contributed by atoms with Crippen LogP contribution in [-0.2, 0) is 9.53 Å². The van der Waals surface area contributed by atoms with Gasteiger partial charge in [-0.05, 0) is 19.6 Å². The zero-order valence-electron chi connectivity index (χ0n) is 10.0. The van der Waals surface area contributed by atoms with E-state index >= 15 is 0 Å². The van der Waals surface area contributed by atoms with Gasteiger partial charge in [0.15, 0.2) is 0 Å². The van der Waals surface area contributed by atoms with E-state index in [9.17, 15) is 4.79 Å². The summed E-state index contributed by atoms with van der Waals surface area (Å²) in [5, 5.41) is 3.38. The first-order valence-corrected chi connectivity index (χ1v) is 6.52. The Labute approximate surface area is 96.6 Å². The van der Waals surface area contributed by atoms with Crippen molar-refractivity contribution in [1.82, 2.24) is 5.32 Å². The maximum atomic E-state index is 11.1. The van der Waals surface area contributed by atoms with Crippen LogP contribution < -0.4 is 5.32 Å². The maximum Gasteiger partial charge on any atom is 0.333 e. The first-order chi connectivity index (χ1) is 7.15. The number of thioether (sulfide) groups is 1. The first kappa shape index (κ1) is 14.5. The molecular weight excluding hydrogens is 210 g/mol. The SMILES string of the molecule is CCC(CSC)NC/C=C(/C)C(=O)OC. The van der Waals surface area contributed by atoms with Crippen LogP contribution in [0.25, 0.3) is 0 Å². The van der Waals surface area contributed by atoms with Gasteiger partial charge in [0.05, 0.1) is 7.11 Å². The van der Waals surface area contributed by atoms with Gasteiger partial charge < -0.3 is 10.1 Å². The Hall–Kier alpha value is -0.480. The summed E-state index contributed by atoms with van der Waals surface area (Å²) in [4.78, 5) is 11.1.